The number of aliphatic hydroxyl groups excluding tert-OH is 1. The van der Waals surface area contributed by atoms with Crippen LogP contribution in [0.1, 0.15) is 18.5 Å². The summed E-state index contributed by atoms with van der Waals surface area (Å²) < 4.78 is 2.19. The molecule has 0 amide bonds. The Balaban J connectivity index is 1.41. The summed E-state index contributed by atoms with van der Waals surface area (Å²) in [4.78, 5) is 15.5. The summed E-state index contributed by atoms with van der Waals surface area (Å²) in [5.74, 6) is 2.58. The van der Waals surface area contributed by atoms with Crippen molar-refractivity contribution in [1.29, 1.82) is 0 Å². The molecule has 2 aromatic heterocycles. The van der Waals surface area contributed by atoms with E-state index in [4.69, 9.17) is 0 Å². The molecule has 0 saturated carbocycles. The first-order valence-corrected chi connectivity index (χ1v) is 8.95. The second kappa shape index (κ2) is 6.37. The highest BCUT2D eigenvalue weighted by atomic mass is 32.2. The van der Waals surface area contributed by atoms with Gasteiger partial charge in [-0.3, -0.25) is 0 Å². The van der Waals surface area contributed by atoms with E-state index in [2.05, 4.69) is 35.9 Å². The lowest BCUT2D eigenvalue weighted by molar-refractivity contribution is 0.154. The quantitative estimate of drug-likeness (QED) is 0.875. The summed E-state index contributed by atoms with van der Waals surface area (Å²) in [5, 5.41) is 14.1. The van der Waals surface area contributed by atoms with Gasteiger partial charge in [-0.25, -0.2) is 9.97 Å². The van der Waals surface area contributed by atoms with E-state index in [0.717, 1.165) is 48.4 Å². The Bertz CT molecular complexity index is 669. The Morgan fingerprint density at radius 2 is 2.30 bits per heavy atom. The number of thioether (sulfide) groups is 1. The minimum absolute atomic E-state index is 0.263. The molecule has 0 bridgehead atoms. The van der Waals surface area contributed by atoms with Crippen LogP contribution < -0.4 is 10.2 Å². The van der Waals surface area contributed by atoms with Crippen molar-refractivity contribution in [2.75, 3.05) is 29.1 Å². The lowest BCUT2D eigenvalue weighted by atomic mass is 10.1. The average Bonchev–Trinajstić information content (AvgIpc) is 3.14. The van der Waals surface area contributed by atoms with Gasteiger partial charge in [-0.1, -0.05) is 11.8 Å². The van der Waals surface area contributed by atoms with Gasteiger partial charge in [-0.05, 0) is 18.9 Å². The van der Waals surface area contributed by atoms with Gasteiger partial charge in [0.15, 0.2) is 5.16 Å². The van der Waals surface area contributed by atoms with Gasteiger partial charge in [0.1, 0.15) is 5.82 Å². The summed E-state index contributed by atoms with van der Waals surface area (Å²) in [7, 11) is 0. The van der Waals surface area contributed by atoms with Crippen LogP contribution in [0, 0.1) is 0 Å². The van der Waals surface area contributed by atoms with E-state index in [0.29, 0.717) is 19.0 Å². The van der Waals surface area contributed by atoms with Gasteiger partial charge >= 0.3 is 0 Å². The van der Waals surface area contributed by atoms with Crippen LogP contribution in [0.2, 0.25) is 0 Å². The molecule has 1 unspecified atom stereocenters. The minimum atomic E-state index is -0.263. The molecule has 2 aliphatic heterocycles. The van der Waals surface area contributed by atoms with E-state index in [-0.39, 0.29) is 6.10 Å². The maximum Gasteiger partial charge on any atom is 0.224 e. The molecule has 1 saturated heterocycles. The predicted molar refractivity (Wildman–Crippen MR) is 89.8 cm³/mol. The van der Waals surface area contributed by atoms with Gasteiger partial charge in [0.25, 0.3) is 0 Å². The van der Waals surface area contributed by atoms with Gasteiger partial charge in [-0.2, -0.15) is 4.98 Å². The van der Waals surface area contributed by atoms with Gasteiger partial charge in [0, 0.05) is 37.8 Å². The van der Waals surface area contributed by atoms with Gasteiger partial charge < -0.3 is 19.9 Å². The normalized spacial score (nSPS) is 20.6. The number of nitrogens with zero attached hydrogens (tertiary/aromatic N) is 5. The fraction of sp³-hybridized carbons (Fsp3) is 0.533. The smallest absolute Gasteiger partial charge is 0.224 e. The number of imidazole rings is 1. The summed E-state index contributed by atoms with van der Waals surface area (Å²) in [6.45, 7) is 3.23. The predicted octanol–water partition coefficient (Wildman–Crippen LogP) is 1.35. The molecule has 7 nitrogen and oxygen atoms in total. The van der Waals surface area contributed by atoms with E-state index >= 15 is 0 Å². The Labute approximate surface area is 139 Å². The third-order valence-electron chi connectivity index (χ3n) is 4.14. The van der Waals surface area contributed by atoms with E-state index in [1.165, 1.54) is 0 Å². The highest BCUT2D eigenvalue weighted by Crippen LogP contribution is 2.24. The van der Waals surface area contributed by atoms with E-state index < -0.39 is 0 Å². The molecular formula is C15H20N6OS. The van der Waals surface area contributed by atoms with Crippen molar-refractivity contribution >= 4 is 23.5 Å². The summed E-state index contributed by atoms with van der Waals surface area (Å²) in [5.41, 5.74) is 1.01. The van der Waals surface area contributed by atoms with Crippen LogP contribution in [0.15, 0.2) is 23.6 Å². The highest BCUT2D eigenvalue weighted by molar-refractivity contribution is 7.99. The molecule has 1 fully saturated rings. The molecular weight excluding hydrogens is 312 g/mol. The minimum Gasteiger partial charge on any atom is -0.391 e. The number of piperidine rings is 1. The largest absolute Gasteiger partial charge is 0.391 e. The van der Waals surface area contributed by atoms with Gasteiger partial charge in [0.05, 0.1) is 18.3 Å². The third kappa shape index (κ3) is 3.28. The molecule has 2 aromatic rings. The Morgan fingerprint density at radius 3 is 3.17 bits per heavy atom. The van der Waals surface area contributed by atoms with Gasteiger partial charge in [-0.15, -0.1) is 0 Å². The molecule has 0 spiro atoms. The molecule has 0 aliphatic carbocycles. The third-order valence-corrected chi connectivity index (χ3v) is 5.11. The van der Waals surface area contributed by atoms with Crippen LogP contribution in [0.4, 0.5) is 11.8 Å². The second-order valence-electron chi connectivity index (χ2n) is 5.89. The zero-order valence-electron chi connectivity index (χ0n) is 12.9. The van der Waals surface area contributed by atoms with Crippen molar-refractivity contribution in [1.82, 2.24) is 19.5 Å². The Morgan fingerprint density at radius 1 is 1.35 bits per heavy atom. The average molecular weight is 332 g/mol. The second-order valence-corrected chi connectivity index (χ2v) is 6.95. The number of aryl methyl sites for hydroxylation is 1. The zero-order valence-corrected chi connectivity index (χ0v) is 13.7. The maximum atomic E-state index is 9.81. The molecule has 2 N–H and O–H groups in total. The number of rotatable bonds is 4. The molecule has 122 valence electrons. The lowest BCUT2D eigenvalue weighted by Gasteiger charge is -2.31. The SMILES string of the molecule is OC1CCCN(c2ccnc(NCc3cn4c(n3)SCC4)n2)C1. The van der Waals surface area contributed by atoms with Crippen LogP contribution >= 0.6 is 11.8 Å². The first-order chi connectivity index (χ1) is 11.3. The van der Waals surface area contributed by atoms with E-state index in [1.54, 1.807) is 18.0 Å². The van der Waals surface area contributed by atoms with Crippen LogP contribution in [0.3, 0.4) is 0 Å². The fourth-order valence-corrected chi connectivity index (χ4v) is 3.95. The summed E-state index contributed by atoms with van der Waals surface area (Å²) in [6, 6.07) is 1.89. The summed E-state index contributed by atoms with van der Waals surface area (Å²) >= 11 is 1.79. The maximum absolute atomic E-state index is 9.81. The fourth-order valence-electron chi connectivity index (χ4n) is 2.99. The number of nitrogens with one attached hydrogen (secondary N) is 1. The molecule has 0 aromatic carbocycles. The molecule has 2 aliphatic rings. The van der Waals surface area contributed by atoms with Crippen molar-refractivity contribution < 1.29 is 5.11 Å². The highest BCUT2D eigenvalue weighted by Gasteiger charge is 2.19. The van der Waals surface area contributed by atoms with E-state index in [1.807, 2.05) is 6.07 Å². The number of aliphatic hydroxyl groups is 1. The first-order valence-electron chi connectivity index (χ1n) is 7.97. The van der Waals surface area contributed by atoms with Crippen LogP contribution in [0.25, 0.3) is 0 Å². The topological polar surface area (TPSA) is 79.1 Å². The van der Waals surface area contributed by atoms with Crippen molar-refractivity contribution in [3.63, 3.8) is 0 Å². The van der Waals surface area contributed by atoms with Crippen molar-refractivity contribution in [3.05, 3.63) is 24.2 Å². The standard InChI is InChI=1S/C15H20N6OS/c22-12-2-1-5-20(10-12)13-3-4-16-14(19-13)17-8-11-9-21-6-7-23-15(21)18-11/h3-4,9,12,22H,1-2,5-8,10H2,(H,16,17,19). The molecule has 8 heteroatoms. The Kier molecular flexibility index (Phi) is 4.09. The van der Waals surface area contributed by atoms with Crippen LogP contribution in [-0.4, -0.2) is 49.6 Å². The molecule has 4 rings (SSSR count). The Hall–Kier alpha value is -1.80. The number of β-amino-alcohol motifs (C(OH)–C–C–N with tert-alkyl or cyclic N) is 1. The van der Waals surface area contributed by atoms with Crippen LogP contribution in [0.5, 0.6) is 0 Å². The monoisotopic (exact) mass is 332 g/mol. The molecule has 4 heterocycles. The zero-order chi connectivity index (χ0) is 15.6. The molecule has 1 atom stereocenters. The first kappa shape index (κ1) is 14.8. The molecule has 0 radical (unpaired) electrons. The summed E-state index contributed by atoms with van der Waals surface area (Å²) in [6.07, 6.45) is 5.45. The number of hydrogen-bond acceptors (Lipinski definition) is 7. The number of hydrogen-bond donors (Lipinski definition) is 2. The van der Waals surface area contributed by atoms with Crippen LogP contribution in [-0.2, 0) is 13.1 Å². The number of fused-ring (bicyclic) bond motifs is 1. The molecule has 23 heavy (non-hydrogen) atoms. The number of anilines is 2. The van der Waals surface area contributed by atoms with Crippen molar-refractivity contribution in [2.24, 2.45) is 0 Å². The van der Waals surface area contributed by atoms with Gasteiger partial charge in [0.2, 0.25) is 5.95 Å². The van der Waals surface area contributed by atoms with Crippen molar-refractivity contribution in [3.8, 4) is 0 Å². The van der Waals surface area contributed by atoms with Crippen molar-refractivity contribution in [2.45, 2.75) is 37.2 Å². The number of aromatic nitrogens is 4. The lowest BCUT2D eigenvalue weighted by Crippen LogP contribution is -2.38. The van der Waals surface area contributed by atoms with E-state index in [9.17, 15) is 5.11 Å².